The van der Waals surface area contributed by atoms with Crippen LogP contribution in [0, 0.1) is 0 Å². The summed E-state index contributed by atoms with van der Waals surface area (Å²) in [6.07, 6.45) is 0. The van der Waals surface area contributed by atoms with Crippen molar-refractivity contribution in [1.82, 2.24) is 14.7 Å². The molecule has 14 heteroatoms. The van der Waals surface area contributed by atoms with Gasteiger partial charge in [-0.25, -0.2) is 9.59 Å². The summed E-state index contributed by atoms with van der Waals surface area (Å²) in [7, 11) is 4.42. The van der Waals surface area contributed by atoms with Crippen LogP contribution in [0.15, 0.2) is 133 Å². The number of carbonyl (C=O) groups is 8. The fourth-order valence-electron chi connectivity index (χ4n) is 7.47. The number of amides is 6. The van der Waals surface area contributed by atoms with Crippen molar-refractivity contribution in [3.8, 4) is 23.0 Å². The summed E-state index contributed by atoms with van der Waals surface area (Å²) >= 11 is 0. The fraction of sp³-hybridized carbons (Fsp3) is 0.120. The van der Waals surface area contributed by atoms with E-state index in [4.69, 9.17) is 9.47 Å². The Morgan fingerprint density at radius 3 is 0.984 bits per heavy atom. The third-order valence-corrected chi connectivity index (χ3v) is 11.3. The molecule has 0 saturated heterocycles. The molecule has 10 rings (SSSR count). The highest BCUT2D eigenvalue weighted by Gasteiger charge is 2.35. The van der Waals surface area contributed by atoms with Gasteiger partial charge in [-0.1, -0.05) is 62.4 Å². The maximum Gasteiger partial charge on any atom is 0.346 e. The van der Waals surface area contributed by atoms with Crippen LogP contribution in [0.3, 0.4) is 0 Å². The highest BCUT2D eigenvalue weighted by molar-refractivity contribution is 6.22. The van der Waals surface area contributed by atoms with E-state index in [9.17, 15) is 38.4 Å². The van der Waals surface area contributed by atoms with E-state index < -0.39 is 11.9 Å². The van der Waals surface area contributed by atoms with Crippen LogP contribution in [-0.2, 0) is 10.2 Å². The highest BCUT2D eigenvalue weighted by atomic mass is 16.6. The lowest BCUT2D eigenvalue weighted by Crippen LogP contribution is -2.24. The minimum atomic E-state index is -0.550. The van der Waals surface area contributed by atoms with E-state index in [1.807, 2.05) is 48.5 Å². The minimum absolute atomic E-state index is 0.212. The van der Waals surface area contributed by atoms with E-state index in [1.165, 1.54) is 21.1 Å². The van der Waals surface area contributed by atoms with Gasteiger partial charge >= 0.3 is 11.9 Å². The zero-order valence-corrected chi connectivity index (χ0v) is 35.0. The number of benzene rings is 6. The largest absolute Gasteiger partial charge is 0.457 e. The molecule has 0 aliphatic carbocycles. The van der Waals surface area contributed by atoms with E-state index >= 15 is 0 Å². The third-order valence-electron chi connectivity index (χ3n) is 11.3. The molecule has 0 aromatic heterocycles. The van der Waals surface area contributed by atoms with E-state index in [0.29, 0.717) is 67.5 Å². The number of fused-ring (bicyclic) bond motifs is 4. The number of hydrogen-bond donors (Lipinski definition) is 0. The van der Waals surface area contributed by atoms with Crippen LogP contribution < -0.4 is 9.47 Å². The molecule has 6 aromatic rings. The van der Waals surface area contributed by atoms with E-state index in [1.54, 1.807) is 84.9 Å². The van der Waals surface area contributed by atoms with Gasteiger partial charge in [0.05, 0.1) is 44.5 Å². The van der Waals surface area contributed by atoms with Crippen molar-refractivity contribution in [2.45, 2.75) is 19.3 Å². The maximum absolute atomic E-state index is 12.3. The molecule has 14 nitrogen and oxygen atoms in total. The quantitative estimate of drug-likeness (QED) is 0.0903. The molecule has 0 saturated carbocycles. The molecule has 6 aromatic carbocycles. The first-order valence-corrected chi connectivity index (χ1v) is 19.8. The van der Waals surface area contributed by atoms with Gasteiger partial charge in [-0.05, 0) is 96.1 Å². The van der Waals surface area contributed by atoms with Crippen molar-refractivity contribution >= 4 is 47.4 Å². The normalized spacial score (nSPS) is 14.6. The van der Waals surface area contributed by atoms with Gasteiger partial charge in [-0.15, -0.1) is 0 Å². The molecule has 6 amide bonds. The molecule has 64 heavy (non-hydrogen) atoms. The van der Waals surface area contributed by atoms with E-state index in [-0.39, 0.29) is 40.9 Å². The molecule has 0 N–H and O–H groups in total. The molecule has 0 atom stereocenters. The molecule has 318 valence electrons. The van der Waals surface area contributed by atoms with Crippen molar-refractivity contribution in [1.29, 1.82) is 0 Å². The summed E-state index contributed by atoms with van der Waals surface area (Å²) in [5, 5.41) is 0. The molecule has 0 spiro atoms. The Kier molecular flexibility index (Phi) is 10.8. The molecule has 4 heterocycles. The van der Waals surface area contributed by atoms with Gasteiger partial charge in [-0.3, -0.25) is 43.5 Å². The highest BCUT2D eigenvalue weighted by Crippen LogP contribution is 2.36. The van der Waals surface area contributed by atoms with Crippen LogP contribution in [0.5, 0.6) is 23.0 Å². The second kappa shape index (κ2) is 16.4. The lowest BCUT2D eigenvalue weighted by Gasteiger charge is -2.26. The first-order chi connectivity index (χ1) is 30.5. The standard InChI is InChI=1S/C33H26N2O6.C9H7NO2.C8H4O3/c1-33(2,19-5-9-21(10-6-19)40-23-13-15-25-27(17-23)31(38)34(3)29(25)36)20-7-11-22(12-8-20)41-24-14-16-26-28(18-24)32(39)35(4)30(26)37;1-10-8(11)6-4-2-3-5-7(6)9(10)12;9-7-5-3-1-2-4-6(5)8(10)11-7/h5-18H,1-4H3;2-5H,1H3;1-4H. The van der Waals surface area contributed by atoms with Crippen LogP contribution in [0.2, 0.25) is 0 Å². The number of ether oxygens (including phenoxy) is 3. The Morgan fingerprint density at radius 1 is 0.359 bits per heavy atom. The molecular weight excluding hydrogens is 819 g/mol. The summed E-state index contributed by atoms with van der Waals surface area (Å²) in [5.41, 5.74) is 4.98. The predicted octanol–water partition coefficient (Wildman–Crippen LogP) is 7.96. The van der Waals surface area contributed by atoms with Crippen molar-refractivity contribution in [3.63, 3.8) is 0 Å². The predicted molar refractivity (Wildman–Crippen MR) is 230 cm³/mol. The van der Waals surface area contributed by atoms with Gasteiger partial charge < -0.3 is 14.2 Å². The Morgan fingerprint density at radius 2 is 0.641 bits per heavy atom. The molecular formula is C50H37N3O11. The SMILES string of the molecule is CN1C(=O)c2ccc(Oc3ccc(C(C)(C)c4ccc(Oc5ccc6c(c5)C(=O)N(C)C6=O)cc4)cc3)cc2C1=O.CN1C(=O)c2ccccc2C1=O.O=C1OC(=O)c2ccccc21. The van der Waals surface area contributed by atoms with Gasteiger partial charge in [0.2, 0.25) is 0 Å². The summed E-state index contributed by atoms with van der Waals surface area (Å²) in [5.74, 6) is -0.642. The van der Waals surface area contributed by atoms with Crippen LogP contribution in [0.25, 0.3) is 0 Å². The molecule has 0 bridgehead atoms. The Labute approximate surface area is 366 Å². The minimum Gasteiger partial charge on any atom is -0.457 e. The second-order valence-electron chi connectivity index (χ2n) is 15.6. The van der Waals surface area contributed by atoms with Crippen molar-refractivity contribution in [2.75, 3.05) is 21.1 Å². The van der Waals surface area contributed by atoms with Gasteiger partial charge in [0.25, 0.3) is 35.4 Å². The van der Waals surface area contributed by atoms with Gasteiger partial charge in [-0.2, -0.15) is 0 Å². The van der Waals surface area contributed by atoms with Crippen LogP contribution in [0.1, 0.15) is 108 Å². The lowest BCUT2D eigenvalue weighted by molar-refractivity contribution is 0.0440. The van der Waals surface area contributed by atoms with Gasteiger partial charge in [0, 0.05) is 26.6 Å². The zero-order valence-electron chi connectivity index (χ0n) is 35.0. The first kappa shape index (κ1) is 42.2. The topological polar surface area (TPSA) is 174 Å². The Balaban J connectivity index is 0.000000195. The van der Waals surface area contributed by atoms with Gasteiger partial charge in [0.15, 0.2) is 0 Å². The number of esters is 2. The number of cyclic esters (lactones) is 2. The van der Waals surface area contributed by atoms with E-state index in [2.05, 4.69) is 18.6 Å². The molecule has 0 unspecified atom stereocenters. The number of imide groups is 3. The smallest absolute Gasteiger partial charge is 0.346 e. The van der Waals surface area contributed by atoms with Crippen LogP contribution in [0.4, 0.5) is 0 Å². The first-order valence-electron chi connectivity index (χ1n) is 19.8. The summed E-state index contributed by atoms with van der Waals surface area (Å²) in [6, 6.07) is 38.6. The number of hydrogen-bond acceptors (Lipinski definition) is 11. The summed E-state index contributed by atoms with van der Waals surface area (Å²) in [6.45, 7) is 4.25. The van der Waals surface area contributed by atoms with Gasteiger partial charge in [0.1, 0.15) is 23.0 Å². The van der Waals surface area contributed by atoms with Crippen molar-refractivity contribution in [2.24, 2.45) is 0 Å². The molecule has 0 fully saturated rings. The molecule has 4 aliphatic heterocycles. The van der Waals surface area contributed by atoms with Crippen molar-refractivity contribution < 1.29 is 52.6 Å². The molecule has 4 aliphatic rings. The van der Waals surface area contributed by atoms with Crippen LogP contribution >= 0.6 is 0 Å². The monoisotopic (exact) mass is 855 g/mol. The number of rotatable bonds is 6. The molecule has 0 radical (unpaired) electrons. The third kappa shape index (κ3) is 7.57. The maximum atomic E-state index is 12.3. The number of nitrogens with zero attached hydrogens (tertiary/aromatic N) is 3. The summed E-state index contributed by atoms with van der Waals surface area (Å²) in [4.78, 5) is 96.5. The van der Waals surface area contributed by atoms with Crippen LogP contribution in [-0.4, -0.2) is 83.2 Å². The summed E-state index contributed by atoms with van der Waals surface area (Å²) < 4.78 is 16.3. The Bertz CT molecular complexity index is 2790. The number of carbonyl (C=O) groups excluding carboxylic acids is 8. The second-order valence-corrected chi connectivity index (χ2v) is 15.6. The average Bonchev–Trinajstić information content (AvgIpc) is 3.89. The zero-order chi connectivity index (χ0) is 45.6. The van der Waals surface area contributed by atoms with E-state index in [0.717, 1.165) is 25.8 Å². The fourth-order valence-corrected chi connectivity index (χ4v) is 7.47. The lowest BCUT2D eigenvalue weighted by atomic mass is 9.78. The average molecular weight is 856 g/mol. The Hall–Kier alpha value is -8.52. The van der Waals surface area contributed by atoms with Crippen molar-refractivity contribution in [3.05, 3.63) is 189 Å².